The molecular formula is C23H19ClFN3O5. The lowest BCUT2D eigenvalue weighted by Gasteiger charge is -2.28. The number of hydrogen-bond acceptors (Lipinski definition) is 6. The van der Waals surface area contributed by atoms with Gasteiger partial charge in [0.15, 0.2) is 0 Å². The molecule has 2 aliphatic heterocycles. The summed E-state index contributed by atoms with van der Waals surface area (Å²) in [5.74, 6) is -2.27. The van der Waals surface area contributed by atoms with Crippen molar-refractivity contribution >= 4 is 40.9 Å². The Hall–Kier alpha value is -3.48. The minimum absolute atomic E-state index is 0.0911. The van der Waals surface area contributed by atoms with Gasteiger partial charge in [0.05, 0.1) is 35.1 Å². The van der Waals surface area contributed by atoms with Gasteiger partial charge < -0.3 is 9.47 Å². The molecule has 4 rings (SSSR count). The van der Waals surface area contributed by atoms with Crippen LogP contribution in [0, 0.1) is 17.1 Å². The van der Waals surface area contributed by atoms with Crippen LogP contribution in [-0.2, 0) is 14.3 Å². The number of nitrogens with zero attached hydrogens (tertiary/aromatic N) is 3. The number of esters is 1. The zero-order chi connectivity index (χ0) is 23.9. The molecule has 10 heteroatoms. The molecule has 1 atom stereocenters. The van der Waals surface area contributed by atoms with Crippen molar-refractivity contribution in [3.8, 4) is 6.07 Å². The number of ether oxygens (including phenoxy) is 2. The van der Waals surface area contributed by atoms with E-state index in [4.69, 9.17) is 26.3 Å². The Morgan fingerprint density at radius 2 is 1.97 bits per heavy atom. The second-order valence-corrected chi connectivity index (χ2v) is 8.56. The van der Waals surface area contributed by atoms with Crippen LogP contribution in [0.15, 0.2) is 36.4 Å². The minimum atomic E-state index is -1.35. The van der Waals surface area contributed by atoms with E-state index in [1.165, 1.54) is 44.2 Å². The first-order valence-electron chi connectivity index (χ1n) is 10.1. The summed E-state index contributed by atoms with van der Waals surface area (Å²) < 4.78 is 25.2. The van der Waals surface area contributed by atoms with E-state index in [0.29, 0.717) is 13.0 Å². The first-order valence-corrected chi connectivity index (χ1v) is 10.5. The summed E-state index contributed by atoms with van der Waals surface area (Å²) >= 11 is 6.07. The maximum Gasteiger partial charge on any atom is 0.341 e. The first-order chi connectivity index (χ1) is 15.6. The van der Waals surface area contributed by atoms with Crippen LogP contribution in [0.1, 0.15) is 36.2 Å². The lowest BCUT2D eigenvalue weighted by molar-refractivity contribution is -0.120. The number of carbonyl (C=O) groups is 3. The third kappa shape index (κ3) is 3.92. The average Bonchev–Trinajstić information content (AvgIpc) is 3.32. The summed E-state index contributed by atoms with van der Waals surface area (Å²) in [5.41, 5.74) is -1.16. The van der Waals surface area contributed by atoms with Gasteiger partial charge in [0.2, 0.25) is 0 Å². The van der Waals surface area contributed by atoms with Crippen LogP contribution in [-0.4, -0.2) is 42.8 Å². The Bertz CT molecular complexity index is 1200. The van der Waals surface area contributed by atoms with Gasteiger partial charge in [-0.05, 0) is 50.2 Å². The van der Waals surface area contributed by atoms with Crippen molar-refractivity contribution in [2.45, 2.75) is 31.9 Å². The molecule has 0 aliphatic carbocycles. The first kappa shape index (κ1) is 22.7. The number of rotatable bonds is 4. The van der Waals surface area contributed by atoms with Crippen molar-refractivity contribution in [3.05, 3.63) is 58.4 Å². The number of amides is 3. The third-order valence-electron chi connectivity index (χ3n) is 5.59. The number of hydrogen-bond donors (Lipinski definition) is 0. The van der Waals surface area contributed by atoms with E-state index in [-0.39, 0.29) is 34.1 Å². The van der Waals surface area contributed by atoms with Crippen LogP contribution in [0.5, 0.6) is 0 Å². The summed E-state index contributed by atoms with van der Waals surface area (Å²) in [6.45, 7) is 3.79. The molecule has 0 saturated carbocycles. The highest BCUT2D eigenvalue weighted by Crippen LogP contribution is 2.37. The number of benzene rings is 2. The molecule has 0 aromatic heterocycles. The molecule has 0 radical (unpaired) electrons. The van der Waals surface area contributed by atoms with E-state index < -0.39 is 35.4 Å². The molecular weight excluding hydrogens is 453 g/mol. The van der Waals surface area contributed by atoms with Crippen molar-refractivity contribution in [2.24, 2.45) is 0 Å². The second-order valence-electron chi connectivity index (χ2n) is 8.15. The fourth-order valence-electron chi connectivity index (χ4n) is 3.82. The van der Waals surface area contributed by atoms with E-state index in [9.17, 15) is 18.8 Å². The molecule has 0 unspecified atom stereocenters. The van der Waals surface area contributed by atoms with Gasteiger partial charge >= 0.3 is 12.0 Å². The highest BCUT2D eigenvalue weighted by molar-refractivity contribution is 6.33. The van der Waals surface area contributed by atoms with Gasteiger partial charge in [-0.15, -0.1) is 0 Å². The van der Waals surface area contributed by atoms with E-state index in [0.717, 1.165) is 15.9 Å². The van der Waals surface area contributed by atoms with Gasteiger partial charge in [0.25, 0.3) is 5.91 Å². The Balaban J connectivity index is 1.64. The highest BCUT2D eigenvalue weighted by atomic mass is 35.5. The van der Waals surface area contributed by atoms with Gasteiger partial charge in [0.1, 0.15) is 23.5 Å². The maximum atomic E-state index is 14.8. The molecule has 2 heterocycles. The molecule has 2 aliphatic rings. The van der Waals surface area contributed by atoms with E-state index in [1.807, 2.05) is 6.07 Å². The topological polar surface area (TPSA) is 99.9 Å². The molecule has 2 aromatic carbocycles. The number of imide groups is 1. The molecule has 2 fully saturated rings. The molecule has 2 saturated heterocycles. The van der Waals surface area contributed by atoms with Crippen molar-refractivity contribution in [2.75, 3.05) is 23.0 Å². The average molecular weight is 472 g/mol. The lowest BCUT2D eigenvalue weighted by Crippen LogP contribution is -2.44. The zero-order valence-electron chi connectivity index (χ0n) is 17.8. The van der Waals surface area contributed by atoms with E-state index in [1.54, 1.807) is 0 Å². The van der Waals surface area contributed by atoms with Gasteiger partial charge in [-0.1, -0.05) is 11.6 Å². The molecule has 3 amide bonds. The standard InChI is InChI=1S/C23H19ClFN3O5/c1-23(2)21(30)27(14-4-3-13(11-26)18(24)9-14)22(31)28(23)15-5-6-17(19(25)10-15)20(29)33-16-7-8-32-12-16/h3-6,9-10,16H,7-8,12H2,1-2H3/t16-/m1/s1. The Morgan fingerprint density at radius 3 is 2.58 bits per heavy atom. The predicted octanol–water partition coefficient (Wildman–Crippen LogP) is 4.05. The lowest BCUT2D eigenvalue weighted by atomic mass is 10.0. The van der Waals surface area contributed by atoms with Crippen molar-refractivity contribution in [3.63, 3.8) is 0 Å². The van der Waals surface area contributed by atoms with E-state index >= 15 is 0 Å². The van der Waals surface area contributed by atoms with Crippen LogP contribution in [0.3, 0.4) is 0 Å². The summed E-state index contributed by atoms with van der Waals surface area (Å²) in [6, 6.07) is 9.01. The van der Waals surface area contributed by atoms with Crippen molar-refractivity contribution in [1.82, 2.24) is 0 Å². The number of halogens is 2. The summed E-state index contributed by atoms with van der Waals surface area (Å²) in [4.78, 5) is 40.8. The largest absolute Gasteiger partial charge is 0.456 e. The van der Waals surface area contributed by atoms with Crippen LogP contribution < -0.4 is 9.80 Å². The fourth-order valence-corrected chi connectivity index (χ4v) is 4.04. The molecule has 170 valence electrons. The van der Waals surface area contributed by atoms with Gasteiger partial charge in [0, 0.05) is 12.1 Å². The Morgan fingerprint density at radius 1 is 1.24 bits per heavy atom. The predicted molar refractivity (Wildman–Crippen MR) is 117 cm³/mol. The quantitative estimate of drug-likeness (QED) is 0.492. The smallest absolute Gasteiger partial charge is 0.341 e. The second kappa shape index (κ2) is 8.46. The van der Waals surface area contributed by atoms with Gasteiger partial charge in [-0.2, -0.15) is 5.26 Å². The molecule has 0 N–H and O–H groups in total. The number of anilines is 2. The zero-order valence-corrected chi connectivity index (χ0v) is 18.6. The number of urea groups is 1. The van der Waals surface area contributed by atoms with Crippen LogP contribution in [0.4, 0.5) is 20.6 Å². The summed E-state index contributed by atoms with van der Waals surface area (Å²) in [7, 11) is 0. The highest BCUT2D eigenvalue weighted by Gasteiger charge is 2.52. The molecule has 0 spiro atoms. The SMILES string of the molecule is CC1(C)C(=O)N(c2ccc(C#N)c(Cl)c2)C(=O)N1c1ccc(C(=O)O[C@@H]2CCOC2)c(F)c1. The maximum absolute atomic E-state index is 14.8. The number of carbonyl (C=O) groups excluding carboxylic acids is 3. The monoisotopic (exact) mass is 471 g/mol. The van der Waals surface area contributed by atoms with Crippen LogP contribution in [0.2, 0.25) is 5.02 Å². The van der Waals surface area contributed by atoms with Crippen molar-refractivity contribution < 1.29 is 28.2 Å². The Kier molecular flexibility index (Phi) is 5.82. The van der Waals surface area contributed by atoms with Gasteiger partial charge in [-0.25, -0.2) is 18.9 Å². The molecule has 8 nitrogen and oxygen atoms in total. The van der Waals surface area contributed by atoms with Crippen LogP contribution >= 0.6 is 11.6 Å². The fraction of sp³-hybridized carbons (Fsp3) is 0.304. The third-order valence-corrected chi connectivity index (χ3v) is 5.90. The number of nitriles is 1. The summed E-state index contributed by atoms with van der Waals surface area (Å²) in [5, 5.41) is 9.15. The van der Waals surface area contributed by atoms with Crippen LogP contribution in [0.25, 0.3) is 0 Å². The Labute approximate surface area is 194 Å². The van der Waals surface area contributed by atoms with E-state index in [2.05, 4.69) is 0 Å². The van der Waals surface area contributed by atoms with Gasteiger partial charge in [-0.3, -0.25) is 9.69 Å². The normalized spacial score (nSPS) is 19.7. The molecule has 0 bridgehead atoms. The summed E-state index contributed by atoms with van der Waals surface area (Å²) in [6.07, 6.45) is 0.111. The molecule has 2 aromatic rings. The molecule has 33 heavy (non-hydrogen) atoms. The van der Waals surface area contributed by atoms with Crippen molar-refractivity contribution in [1.29, 1.82) is 5.26 Å². The minimum Gasteiger partial charge on any atom is -0.456 e.